The summed E-state index contributed by atoms with van der Waals surface area (Å²) in [5, 5.41) is 5.23. The summed E-state index contributed by atoms with van der Waals surface area (Å²) >= 11 is 17.0. The number of carbonyl (C=O) groups excluding carboxylic acids is 1. The lowest BCUT2D eigenvalue weighted by Crippen LogP contribution is -2.21. The first kappa shape index (κ1) is 18.8. The zero-order chi connectivity index (χ0) is 18.0. The molecule has 130 valence electrons. The van der Waals surface area contributed by atoms with Gasteiger partial charge in [-0.1, -0.05) is 34.8 Å². The van der Waals surface area contributed by atoms with E-state index < -0.39 is 41.7 Å². The summed E-state index contributed by atoms with van der Waals surface area (Å²) in [7, 11) is 0. The van der Waals surface area contributed by atoms with E-state index >= 15 is 0 Å². The Labute approximate surface area is 148 Å². The number of aromatic nitrogens is 2. The molecule has 2 rings (SSSR count). The molecule has 1 heterocycles. The molecule has 11 heteroatoms. The minimum Gasteiger partial charge on any atom is -0.324 e. The third-order valence-corrected chi connectivity index (χ3v) is 3.99. The van der Waals surface area contributed by atoms with Crippen LogP contribution in [0.4, 0.5) is 23.2 Å². The highest BCUT2D eigenvalue weighted by Gasteiger charge is 2.28. The molecule has 2 aromatic rings. The van der Waals surface area contributed by atoms with E-state index in [1.807, 2.05) is 0 Å². The molecule has 1 amide bonds. The Morgan fingerprint density at radius 3 is 2.33 bits per heavy atom. The third-order valence-electron chi connectivity index (χ3n) is 2.87. The highest BCUT2D eigenvalue weighted by Crippen LogP contribution is 2.34. The monoisotopic (exact) mass is 403 g/mol. The van der Waals surface area contributed by atoms with Gasteiger partial charge in [-0.3, -0.25) is 9.48 Å². The van der Waals surface area contributed by atoms with Gasteiger partial charge in [0.05, 0.1) is 15.1 Å². The van der Waals surface area contributed by atoms with Crippen molar-refractivity contribution in [1.82, 2.24) is 9.78 Å². The van der Waals surface area contributed by atoms with Crippen molar-refractivity contribution >= 4 is 46.4 Å². The summed E-state index contributed by atoms with van der Waals surface area (Å²) in [6, 6.07) is 4.20. The van der Waals surface area contributed by atoms with Gasteiger partial charge in [-0.05, 0) is 18.2 Å². The van der Waals surface area contributed by atoms with Gasteiger partial charge in [0, 0.05) is 5.69 Å². The summed E-state index contributed by atoms with van der Waals surface area (Å²) in [4.78, 5) is 11.9. The van der Waals surface area contributed by atoms with Crippen LogP contribution in [-0.2, 0) is 11.3 Å². The molecule has 0 spiro atoms. The van der Waals surface area contributed by atoms with Gasteiger partial charge >= 0.3 is 0 Å². The van der Waals surface area contributed by atoms with E-state index in [4.69, 9.17) is 34.8 Å². The minimum atomic E-state index is -3.17. The highest BCUT2D eigenvalue weighted by atomic mass is 35.5. The quantitative estimate of drug-likeness (QED) is 0.682. The molecule has 4 nitrogen and oxygen atoms in total. The number of nitrogens with zero attached hydrogens (tertiary/aromatic N) is 2. The van der Waals surface area contributed by atoms with E-state index in [1.165, 1.54) is 18.2 Å². The van der Waals surface area contributed by atoms with Gasteiger partial charge in [-0.15, -0.1) is 0 Å². The number of amides is 1. The van der Waals surface area contributed by atoms with Crippen molar-refractivity contribution in [2.75, 3.05) is 5.32 Å². The van der Waals surface area contributed by atoms with Crippen molar-refractivity contribution < 1.29 is 22.4 Å². The molecular weight excluding hydrogens is 397 g/mol. The molecule has 0 bridgehead atoms. The predicted octanol–water partition coefficient (Wildman–Crippen LogP) is 5.36. The Hall–Kier alpha value is -1.51. The number of anilines is 1. The van der Waals surface area contributed by atoms with Crippen molar-refractivity contribution in [2.45, 2.75) is 19.4 Å². The molecule has 0 saturated heterocycles. The number of halogens is 7. The van der Waals surface area contributed by atoms with Crippen molar-refractivity contribution in [1.29, 1.82) is 0 Å². The topological polar surface area (TPSA) is 46.9 Å². The maximum atomic E-state index is 13.0. The number of hydrogen-bond donors (Lipinski definition) is 1. The average molecular weight is 405 g/mol. The number of carbonyl (C=O) groups is 1. The van der Waals surface area contributed by atoms with Crippen molar-refractivity contribution in [3.05, 3.63) is 44.7 Å². The molecule has 0 radical (unpaired) electrons. The lowest BCUT2D eigenvalue weighted by molar-refractivity contribution is -0.117. The van der Waals surface area contributed by atoms with Gasteiger partial charge in [0.1, 0.15) is 17.9 Å². The molecule has 0 atom stereocenters. The standard InChI is InChI=1S/C13H8Cl3F4N3O/c14-6-2-1-5(3-7(6)15)21-8(24)4-23-11(13(19)20)9(16)10(22-23)12(17)18/h1-3,12-13H,4H2,(H,21,24). The zero-order valence-corrected chi connectivity index (χ0v) is 13.8. The van der Waals surface area contributed by atoms with Crippen LogP contribution in [-0.4, -0.2) is 15.7 Å². The molecule has 0 aliphatic carbocycles. The lowest BCUT2D eigenvalue weighted by atomic mass is 10.3. The first-order chi connectivity index (χ1) is 11.2. The summed E-state index contributed by atoms with van der Waals surface area (Å²) < 4.78 is 51.9. The van der Waals surface area contributed by atoms with E-state index in [1.54, 1.807) is 0 Å². The van der Waals surface area contributed by atoms with Gasteiger partial charge in [0.2, 0.25) is 5.91 Å². The number of benzene rings is 1. The molecule has 0 aliphatic heterocycles. The lowest BCUT2D eigenvalue weighted by Gasteiger charge is -2.09. The first-order valence-corrected chi connectivity index (χ1v) is 7.41. The minimum absolute atomic E-state index is 0.171. The van der Waals surface area contributed by atoms with E-state index in [0.717, 1.165) is 0 Å². The number of hydrogen-bond acceptors (Lipinski definition) is 2. The second-order valence-corrected chi connectivity index (χ2v) is 5.71. The van der Waals surface area contributed by atoms with Gasteiger partial charge in [-0.25, -0.2) is 17.6 Å². The molecule has 1 aromatic heterocycles. The van der Waals surface area contributed by atoms with Gasteiger partial charge < -0.3 is 5.32 Å². The Kier molecular flexibility index (Phi) is 5.95. The zero-order valence-electron chi connectivity index (χ0n) is 11.5. The van der Waals surface area contributed by atoms with Crippen molar-refractivity contribution in [3.63, 3.8) is 0 Å². The molecule has 1 N–H and O–H groups in total. The summed E-state index contributed by atoms with van der Waals surface area (Å²) in [5.74, 6) is -0.782. The SMILES string of the molecule is O=C(Cn1nc(C(F)F)c(Cl)c1C(F)F)Nc1ccc(Cl)c(Cl)c1. The number of nitrogens with one attached hydrogen (secondary N) is 1. The molecule has 0 fully saturated rings. The van der Waals surface area contributed by atoms with Crippen LogP contribution in [0.5, 0.6) is 0 Å². The smallest absolute Gasteiger partial charge is 0.283 e. The molecule has 0 saturated carbocycles. The number of alkyl halides is 4. The van der Waals surface area contributed by atoms with Crippen LogP contribution in [0.1, 0.15) is 24.2 Å². The second-order valence-electron chi connectivity index (χ2n) is 4.52. The summed E-state index contributed by atoms with van der Waals surface area (Å²) in [6.07, 6.45) is -6.32. The summed E-state index contributed by atoms with van der Waals surface area (Å²) in [6.45, 7) is -0.730. The Morgan fingerprint density at radius 2 is 1.79 bits per heavy atom. The van der Waals surface area contributed by atoms with Crippen LogP contribution in [0.25, 0.3) is 0 Å². The van der Waals surface area contributed by atoms with E-state index in [9.17, 15) is 22.4 Å². The van der Waals surface area contributed by atoms with Gasteiger partial charge in [0.25, 0.3) is 12.9 Å². The van der Waals surface area contributed by atoms with Crippen LogP contribution in [0.2, 0.25) is 15.1 Å². The van der Waals surface area contributed by atoms with Crippen molar-refractivity contribution in [2.24, 2.45) is 0 Å². The van der Waals surface area contributed by atoms with Crippen LogP contribution >= 0.6 is 34.8 Å². The third kappa shape index (κ3) is 4.12. The van der Waals surface area contributed by atoms with Crippen molar-refractivity contribution in [3.8, 4) is 0 Å². The van der Waals surface area contributed by atoms with Crippen LogP contribution in [0.3, 0.4) is 0 Å². The largest absolute Gasteiger partial charge is 0.324 e. The Balaban J connectivity index is 2.22. The normalized spacial score (nSPS) is 11.4. The highest BCUT2D eigenvalue weighted by molar-refractivity contribution is 6.42. The molecule has 24 heavy (non-hydrogen) atoms. The maximum absolute atomic E-state index is 13.0. The average Bonchev–Trinajstić information content (AvgIpc) is 2.79. The fraction of sp³-hybridized carbons (Fsp3) is 0.231. The van der Waals surface area contributed by atoms with Gasteiger partial charge in [-0.2, -0.15) is 5.10 Å². The first-order valence-electron chi connectivity index (χ1n) is 6.28. The van der Waals surface area contributed by atoms with Crippen LogP contribution < -0.4 is 5.32 Å². The molecule has 0 unspecified atom stereocenters. The van der Waals surface area contributed by atoms with Gasteiger partial charge in [0.15, 0.2) is 0 Å². The molecular formula is C13H8Cl3F4N3O. The Bertz CT molecular complexity index is 767. The van der Waals surface area contributed by atoms with E-state index in [0.29, 0.717) is 4.68 Å². The predicted molar refractivity (Wildman–Crippen MR) is 82.2 cm³/mol. The van der Waals surface area contributed by atoms with Crippen LogP contribution in [0.15, 0.2) is 18.2 Å². The maximum Gasteiger partial charge on any atom is 0.283 e. The van der Waals surface area contributed by atoms with Crippen LogP contribution in [0, 0.1) is 0 Å². The summed E-state index contributed by atoms with van der Waals surface area (Å²) in [5.41, 5.74) is -1.70. The second kappa shape index (κ2) is 7.58. The Morgan fingerprint density at radius 1 is 1.12 bits per heavy atom. The molecule has 1 aromatic carbocycles. The number of rotatable bonds is 5. The fourth-order valence-corrected chi connectivity index (χ4v) is 2.45. The van der Waals surface area contributed by atoms with E-state index in [2.05, 4.69) is 10.4 Å². The fourth-order valence-electron chi connectivity index (χ4n) is 1.85. The molecule has 0 aliphatic rings. The van der Waals surface area contributed by atoms with E-state index in [-0.39, 0.29) is 15.7 Å².